The van der Waals surface area contributed by atoms with E-state index in [0.717, 1.165) is 11.4 Å². The third-order valence-corrected chi connectivity index (χ3v) is 14.6. The standard InChI is InChI=1S/C65H55N/c1-44-25-37-53(38-26-44)66(65-58-20-9-8-19-57(58)63-59-23-11-18-52-17-10-21-55(62(52)59)56-22-12-24-60(65)64(56)63)54-39-31-49(32-40-54)43-61(50-33-27-47(28-34-50)41-45-13-4-2-5-14-45)51-35-29-48(30-36-51)42-46-15-6-3-7-16-46/h8-12,17-43H,2-7,13-16H2,1H3. The van der Waals surface area contributed by atoms with Crippen molar-refractivity contribution in [1.29, 1.82) is 0 Å². The van der Waals surface area contributed by atoms with Gasteiger partial charge in [-0.2, -0.15) is 0 Å². The number of rotatable bonds is 8. The lowest BCUT2D eigenvalue weighted by Gasteiger charge is -2.30. The van der Waals surface area contributed by atoms with E-state index in [-0.39, 0.29) is 0 Å². The SMILES string of the molecule is Cc1ccc(N(c2ccc(C=C(c3ccc(C=C4CCCCC4)cc3)c3ccc(C=C4CCCCC4)cc3)cc2)c2c3ccccc3c3c4cccc5cccc(c6cccc2c63)c54)cc1. The molecule has 66 heavy (non-hydrogen) atoms. The molecule has 1 nitrogen and oxygen atoms in total. The maximum Gasteiger partial charge on any atom is 0.0619 e. The number of hydrogen-bond donors (Lipinski definition) is 0. The van der Waals surface area contributed by atoms with Crippen molar-refractivity contribution in [2.75, 3.05) is 4.90 Å². The number of nitrogens with zero attached hydrogens (tertiary/aromatic N) is 1. The summed E-state index contributed by atoms with van der Waals surface area (Å²) in [6.07, 6.45) is 20.2. The summed E-state index contributed by atoms with van der Waals surface area (Å²) in [6.45, 7) is 2.17. The van der Waals surface area contributed by atoms with Crippen LogP contribution >= 0.6 is 0 Å². The number of anilines is 3. The zero-order valence-corrected chi connectivity index (χ0v) is 38.0. The summed E-state index contributed by atoms with van der Waals surface area (Å²) in [5, 5.41) is 13.0. The normalized spacial score (nSPS) is 14.4. The maximum absolute atomic E-state index is 2.50. The molecule has 2 aliphatic carbocycles. The number of aryl methyl sites for hydroxylation is 1. The Morgan fingerprint density at radius 1 is 0.379 bits per heavy atom. The lowest BCUT2D eigenvalue weighted by Crippen LogP contribution is -2.11. The quantitative estimate of drug-likeness (QED) is 0.0836. The van der Waals surface area contributed by atoms with Gasteiger partial charge in [-0.1, -0.05) is 193 Å². The summed E-state index contributed by atoms with van der Waals surface area (Å²) in [7, 11) is 0. The van der Waals surface area contributed by atoms with Gasteiger partial charge in [0.2, 0.25) is 0 Å². The van der Waals surface area contributed by atoms with Crippen LogP contribution in [0.2, 0.25) is 0 Å². The van der Waals surface area contributed by atoms with Crippen LogP contribution in [0.5, 0.6) is 0 Å². The lowest BCUT2D eigenvalue weighted by atomic mass is 9.86. The van der Waals surface area contributed by atoms with Crippen LogP contribution in [0.1, 0.15) is 97.6 Å². The Labute approximate surface area is 389 Å². The fourth-order valence-electron chi connectivity index (χ4n) is 11.3. The van der Waals surface area contributed by atoms with Gasteiger partial charge in [-0.25, -0.2) is 0 Å². The molecule has 320 valence electrons. The largest absolute Gasteiger partial charge is 0.309 e. The second-order valence-corrected chi connectivity index (χ2v) is 19.0. The molecule has 0 amide bonds. The first kappa shape index (κ1) is 40.3. The van der Waals surface area contributed by atoms with Crippen molar-refractivity contribution < 1.29 is 0 Å². The first-order valence-corrected chi connectivity index (χ1v) is 24.4. The third-order valence-electron chi connectivity index (χ3n) is 14.6. The van der Waals surface area contributed by atoms with E-state index in [1.807, 2.05) is 0 Å². The summed E-state index contributed by atoms with van der Waals surface area (Å²) in [6, 6.07) is 66.5. The molecule has 0 spiro atoms. The second kappa shape index (κ2) is 17.3. The average molecular weight is 850 g/mol. The summed E-state index contributed by atoms with van der Waals surface area (Å²) in [5.41, 5.74) is 15.4. The minimum atomic E-state index is 1.13. The van der Waals surface area contributed by atoms with Crippen molar-refractivity contribution in [2.45, 2.75) is 71.1 Å². The topological polar surface area (TPSA) is 3.24 Å². The molecule has 0 saturated heterocycles. The van der Waals surface area contributed by atoms with Gasteiger partial charge in [0, 0.05) is 27.5 Å². The van der Waals surface area contributed by atoms with Gasteiger partial charge in [0.1, 0.15) is 0 Å². The minimum Gasteiger partial charge on any atom is -0.309 e. The van der Waals surface area contributed by atoms with Crippen molar-refractivity contribution in [3.63, 3.8) is 0 Å². The highest BCUT2D eigenvalue weighted by atomic mass is 15.1. The van der Waals surface area contributed by atoms with E-state index < -0.39 is 0 Å². The van der Waals surface area contributed by atoms with Gasteiger partial charge in [0.25, 0.3) is 0 Å². The van der Waals surface area contributed by atoms with Crippen LogP contribution in [0, 0.1) is 6.92 Å². The highest BCUT2D eigenvalue weighted by molar-refractivity contribution is 6.40. The summed E-state index contributed by atoms with van der Waals surface area (Å²) in [4.78, 5) is 2.50. The van der Waals surface area contributed by atoms with E-state index in [9.17, 15) is 0 Å². The second-order valence-electron chi connectivity index (χ2n) is 19.0. The number of fused-ring (bicyclic) bond motifs is 4. The molecule has 0 heterocycles. The van der Waals surface area contributed by atoms with Gasteiger partial charge < -0.3 is 4.90 Å². The average Bonchev–Trinajstić information content (AvgIpc) is 3.37. The molecule has 0 aliphatic heterocycles. The van der Waals surface area contributed by atoms with Crippen LogP contribution < -0.4 is 4.90 Å². The van der Waals surface area contributed by atoms with E-state index in [2.05, 4.69) is 206 Å². The van der Waals surface area contributed by atoms with Gasteiger partial charge in [0.05, 0.1) is 5.69 Å². The fraction of sp³-hybridized carbons (Fsp3) is 0.169. The molecule has 10 aromatic rings. The van der Waals surface area contributed by atoms with E-state index in [4.69, 9.17) is 0 Å². The third kappa shape index (κ3) is 7.47. The Balaban J connectivity index is 1.00. The Bertz CT molecular complexity index is 3400. The molecule has 2 fully saturated rings. The van der Waals surface area contributed by atoms with Crippen LogP contribution in [-0.2, 0) is 0 Å². The molecule has 0 aromatic heterocycles. The maximum atomic E-state index is 2.50. The van der Waals surface area contributed by atoms with Crippen LogP contribution in [0.15, 0.2) is 187 Å². The monoisotopic (exact) mass is 849 g/mol. The molecule has 0 unspecified atom stereocenters. The van der Waals surface area contributed by atoms with Crippen molar-refractivity contribution in [2.24, 2.45) is 0 Å². The molecule has 1 heteroatoms. The van der Waals surface area contributed by atoms with Crippen molar-refractivity contribution in [3.8, 4) is 0 Å². The first-order chi connectivity index (χ1) is 32.6. The molecule has 2 aliphatic rings. The molecule has 0 bridgehead atoms. The summed E-state index contributed by atoms with van der Waals surface area (Å²) < 4.78 is 0. The molecule has 10 aromatic carbocycles. The molecule has 0 radical (unpaired) electrons. The van der Waals surface area contributed by atoms with E-state index in [0.29, 0.717) is 0 Å². The van der Waals surface area contributed by atoms with Crippen molar-refractivity contribution in [3.05, 3.63) is 220 Å². The van der Waals surface area contributed by atoms with Gasteiger partial charge in [-0.15, -0.1) is 0 Å². The van der Waals surface area contributed by atoms with Gasteiger partial charge >= 0.3 is 0 Å². The van der Waals surface area contributed by atoms with Crippen LogP contribution in [0.25, 0.3) is 77.7 Å². The number of allylic oxidation sites excluding steroid dienone is 2. The summed E-state index contributed by atoms with van der Waals surface area (Å²) in [5.74, 6) is 0. The zero-order valence-electron chi connectivity index (χ0n) is 38.0. The van der Waals surface area contributed by atoms with Crippen LogP contribution in [0.3, 0.4) is 0 Å². The van der Waals surface area contributed by atoms with E-state index in [1.54, 1.807) is 11.1 Å². The zero-order chi connectivity index (χ0) is 44.0. The van der Waals surface area contributed by atoms with E-state index >= 15 is 0 Å². The predicted molar refractivity (Wildman–Crippen MR) is 287 cm³/mol. The molecular formula is C65H55N. The van der Waals surface area contributed by atoms with Gasteiger partial charge in [-0.3, -0.25) is 0 Å². The summed E-state index contributed by atoms with van der Waals surface area (Å²) >= 11 is 0. The van der Waals surface area contributed by atoms with Crippen LogP contribution in [0.4, 0.5) is 17.1 Å². The molecular weight excluding hydrogens is 795 g/mol. The smallest absolute Gasteiger partial charge is 0.0619 e. The Morgan fingerprint density at radius 2 is 0.818 bits per heavy atom. The van der Waals surface area contributed by atoms with Gasteiger partial charge in [-0.05, 0) is 160 Å². The highest BCUT2D eigenvalue weighted by Crippen LogP contribution is 2.50. The number of benzene rings is 10. The molecule has 12 rings (SSSR count). The Kier molecular flexibility index (Phi) is 10.6. The highest BCUT2D eigenvalue weighted by Gasteiger charge is 2.24. The molecule has 2 saturated carbocycles. The van der Waals surface area contributed by atoms with E-state index in [1.165, 1.54) is 163 Å². The van der Waals surface area contributed by atoms with Crippen LogP contribution in [-0.4, -0.2) is 0 Å². The Morgan fingerprint density at radius 3 is 1.41 bits per heavy atom. The number of hydrogen-bond acceptors (Lipinski definition) is 1. The predicted octanol–water partition coefficient (Wildman–Crippen LogP) is 19.0. The van der Waals surface area contributed by atoms with Gasteiger partial charge in [0.15, 0.2) is 0 Å². The lowest BCUT2D eigenvalue weighted by molar-refractivity contribution is 0.602. The molecule has 0 N–H and O–H groups in total. The minimum absolute atomic E-state index is 1.13. The molecule has 0 atom stereocenters. The Hall–Kier alpha value is -7.22. The fourth-order valence-corrected chi connectivity index (χ4v) is 11.3. The first-order valence-electron chi connectivity index (χ1n) is 24.4. The van der Waals surface area contributed by atoms with Crippen molar-refractivity contribution in [1.82, 2.24) is 0 Å². The van der Waals surface area contributed by atoms with Crippen molar-refractivity contribution >= 4 is 94.7 Å².